The van der Waals surface area contributed by atoms with E-state index in [0.717, 1.165) is 36.5 Å². The minimum Gasteiger partial charge on any atom is -0.459 e. The largest absolute Gasteiger partial charge is 0.459 e. The smallest absolute Gasteiger partial charge is 0.338 e. The summed E-state index contributed by atoms with van der Waals surface area (Å²) in [6.45, 7) is 7.93. The van der Waals surface area contributed by atoms with Crippen molar-refractivity contribution in [3.63, 3.8) is 0 Å². The Labute approximate surface area is 155 Å². The second-order valence-corrected chi connectivity index (χ2v) is 6.79. The highest BCUT2D eigenvalue weighted by Crippen LogP contribution is 2.20. The standard InChI is InChI=1S/C22H28O4/c1-5-7-15(3)25-21(23)19-11-9-18-14-20(12-10-17(18)13-19)22(24)26-16(4)8-6-2/h9-16H,5-8H2,1-4H3. The summed E-state index contributed by atoms with van der Waals surface area (Å²) in [5, 5.41) is 1.78. The number of carbonyl (C=O) groups excluding carboxylic acids is 2. The van der Waals surface area contributed by atoms with Crippen LogP contribution in [0.2, 0.25) is 0 Å². The van der Waals surface area contributed by atoms with Crippen molar-refractivity contribution in [3.05, 3.63) is 47.5 Å². The van der Waals surface area contributed by atoms with Crippen LogP contribution >= 0.6 is 0 Å². The fourth-order valence-electron chi connectivity index (χ4n) is 2.93. The third kappa shape index (κ3) is 5.32. The lowest BCUT2D eigenvalue weighted by atomic mass is 10.0. The molecule has 4 nitrogen and oxygen atoms in total. The molecule has 0 aliphatic carbocycles. The summed E-state index contributed by atoms with van der Waals surface area (Å²) in [5.41, 5.74) is 1.04. The molecule has 0 amide bonds. The van der Waals surface area contributed by atoms with Crippen LogP contribution in [0.1, 0.15) is 74.1 Å². The van der Waals surface area contributed by atoms with Gasteiger partial charge in [0, 0.05) is 0 Å². The summed E-state index contributed by atoms with van der Waals surface area (Å²) in [6.07, 6.45) is 3.46. The Balaban J connectivity index is 2.14. The summed E-state index contributed by atoms with van der Waals surface area (Å²) < 4.78 is 10.9. The summed E-state index contributed by atoms with van der Waals surface area (Å²) in [5.74, 6) is -0.630. The van der Waals surface area contributed by atoms with Gasteiger partial charge in [-0.15, -0.1) is 0 Å². The van der Waals surface area contributed by atoms with Gasteiger partial charge in [-0.1, -0.05) is 38.8 Å². The predicted octanol–water partition coefficient (Wildman–Crippen LogP) is 5.53. The zero-order valence-electron chi connectivity index (χ0n) is 16.1. The molecule has 2 rings (SSSR count). The van der Waals surface area contributed by atoms with Crippen LogP contribution in [-0.2, 0) is 9.47 Å². The zero-order chi connectivity index (χ0) is 19.1. The number of benzene rings is 2. The van der Waals surface area contributed by atoms with Crippen molar-refractivity contribution in [2.75, 3.05) is 0 Å². The monoisotopic (exact) mass is 356 g/mol. The highest BCUT2D eigenvalue weighted by atomic mass is 16.5. The first-order valence-corrected chi connectivity index (χ1v) is 9.40. The molecule has 0 heterocycles. The lowest BCUT2D eigenvalue weighted by Gasteiger charge is -2.13. The van der Waals surface area contributed by atoms with Gasteiger partial charge in [-0.3, -0.25) is 0 Å². The average Bonchev–Trinajstić information content (AvgIpc) is 2.61. The average molecular weight is 356 g/mol. The van der Waals surface area contributed by atoms with Crippen molar-refractivity contribution in [3.8, 4) is 0 Å². The molecule has 0 N–H and O–H groups in total. The number of carbonyl (C=O) groups is 2. The number of ether oxygens (including phenoxy) is 2. The van der Waals surface area contributed by atoms with Crippen molar-refractivity contribution < 1.29 is 19.1 Å². The molecule has 26 heavy (non-hydrogen) atoms. The normalized spacial score (nSPS) is 13.2. The number of esters is 2. The Morgan fingerprint density at radius 3 is 1.50 bits per heavy atom. The molecule has 0 radical (unpaired) electrons. The molecule has 0 aliphatic heterocycles. The van der Waals surface area contributed by atoms with Gasteiger partial charge >= 0.3 is 11.9 Å². The molecule has 0 saturated carbocycles. The van der Waals surface area contributed by atoms with Gasteiger partial charge in [0.25, 0.3) is 0 Å². The van der Waals surface area contributed by atoms with E-state index >= 15 is 0 Å². The molecule has 140 valence electrons. The Morgan fingerprint density at radius 1 is 0.769 bits per heavy atom. The summed E-state index contributed by atoms with van der Waals surface area (Å²) in [4.78, 5) is 24.5. The summed E-state index contributed by atoms with van der Waals surface area (Å²) >= 11 is 0. The maximum Gasteiger partial charge on any atom is 0.338 e. The van der Waals surface area contributed by atoms with Gasteiger partial charge in [-0.2, -0.15) is 0 Å². The molecule has 0 aliphatic rings. The van der Waals surface area contributed by atoms with Crippen molar-refractivity contribution in [2.24, 2.45) is 0 Å². The van der Waals surface area contributed by atoms with Crippen LogP contribution in [0.15, 0.2) is 36.4 Å². The van der Waals surface area contributed by atoms with Gasteiger partial charge < -0.3 is 9.47 Å². The Bertz CT molecular complexity index is 701. The molecule has 4 heteroatoms. The van der Waals surface area contributed by atoms with Crippen molar-refractivity contribution >= 4 is 22.7 Å². The minimum absolute atomic E-state index is 0.0922. The van der Waals surface area contributed by atoms with Gasteiger partial charge in [0.05, 0.1) is 23.3 Å². The Hall–Kier alpha value is -2.36. The second-order valence-electron chi connectivity index (χ2n) is 6.79. The van der Waals surface area contributed by atoms with E-state index in [4.69, 9.17) is 9.47 Å². The third-order valence-corrected chi connectivity index (χ3v) is 4.32. The van der Waals surface area contributed by atoms with Crippen LogP contribution in [0.5, 0.6) is 0 Å². The fourth-order valence-corrected chi connectivity index (χ4v) is 2.93. The van der Waals surface area contributed by atoms with Gasteiger partial charge in [-0.05, 0) is 61.7 Å². The molecule has 0 bridgehead atoms. The van der Waals surface area contributed by atoms with Crippen LogP contribution in [0.4, 0.5) is 0 Å². The molecule has 0 fully saturated rings. The molecule has 0 saturated heterocycles. The van der Waals surface area contributed by atoms with E-state index in [1.807, 2.05) is 26.0 Å². The van der Waals surface area contributed by atoms with Gasteiger partial charge in [0.2, 0.25) is 0 Å². The van der Waals surface area contributed by atoms with E-state index < -0.39 is 0 Å². The molecule has 0 spiro atoms. The second kappa shape index (κ2) is 9.37. The lowest BCUT2D eigenvalue weighted by Crippen LogP contribution is -2.15. The maximum atomic E-state index is 12.2. The number of fused-ring (bicyclic) bond motifs is 1. The number of rotatable bonds is 8. The maximum absolute atomic E-state index is 12.2. The van der Waals surface area contributed by atoms with Crippen LogP contribution < -0.4 is 0 Å². The summed E-state index contributed by atoms with van der Waals surface area (Å²) in [6, 6.07) is 10.7. The molecule has 0 aromatic heterocycles. The highest BCUT2D eigenvalue weighted by molar-refractivity contribution is 5.99. The molecule has 2 aromatic rings. The molecule has 2 unspecified atom stereocenters. The quantitative estimate of drug-likeness (QED) is 0.584. The van der Waals surface area contributed by atoms with E-state index in [1.54, 1.807) is 24.3 Å². The van der Waals surface area contributed by atoms with Crippen LogP contribution in [0.25, 0.3) is 10.8 Å². The lowest BCUT2D eigenvalue weighted by molar-refractivity contribution is 0.0313. The third-order valence-electron chi connectivity index (χ3n) is 4.32. The van der Waals surface area contributed by atoms with Crippen molar-refractivity contribution in [2.45, 2.75) is 65.6 Å². The molecule has 2 atom stereocenters. The number of hydrogen-bond acceptors (Lipinski definition) is 4. The SMILES string of the molecule is CCCC(C)OC(=O)c1ccc2cc(C(=O)OC(C)CCC)ccc2c1. The van der Waals surface area contributed by atoms with E-state index in [1.165, 1.54) is 0 Å². The predicted molar refractivity (Wildman–Crippen MR) is 104 cm³/mol. The van der Waals surface area contributed by atoms with E-state index in [0.29, 0.717) is 11.1 Å². The molecular formula is C22H28O4. The van der Waals surface area contributed by atoms with Crippen LogP contribution in [0, 0.1) is 0 Å². The van der Waals surface area contributed by atoms with Crippen LogP contribution in [0.3, 0.4) is 0 Å². The zero-order valence-corrected chi connectivity index (χ0v) is 16.1. The van der Waals surface area contributed by atoms with Crippen molar-refractivity contribution in [1.29, 1.82) is 0 Å². The molecule has 2 aromatic carbocycles. The van der Waals surface area contributed by atoms with E-state index in [9.17, 15) is 9.59 Å². The first-order chi connectivity index (χ1) is 12.4. The Morgan fingerprint density at radius 2 is 1.15 bits per heavy atom. The van der Waals surface area contributed by atoms with Gasteiger partial charge in [0.1, 0.15) is 0 Å². The Kier molecular flexibility index (Phi) is 7.19. The first-order valence-electron chi connectivity index (χ1n) is 9.40. The van der Waals surface area contributed by atoms with Crippen LogP contribution in [-0.4, -0.2) is 24.1 Å². The number of hydrogen-bond donors (Lipinski definition) is 0. The van der Waals surface area contributed by atoms with Gasteiger partial charge in [-0.25, -0.2) is 9.59 Å². The van der Waals surface area contributed by atoms with E-state index in [-0.39, 0.29) is 24.1 Å². The highest BCUT2D eigenvalue weighted by Gasteiger charge is 2.14. The topological polar surface area (TPSA) is 52.6 Å². The van der Waals surface area contributed by atoms with Gasteiger partial charge in [0.15, 0.2) is 0 Å². The summed E-state index contributed by atoms with van der Waals surface area (Å²) in [7, 11) is 0. The molecular weight excluding hydrogens is 328 g/mol. The first kappa shape index (κ1) is 20.0. The van der Waals surface area contributed by atoms with Crippen molar-refractivity contribution in [1.82, 2.24) is 0 Å². The minimum atomic E-state index is -0.315. The van der Waals surface area contributed by atoms with E-state index in [2.05, 4.69) is 13.8 Å². The fraction of sp³-hybridized carbons (Fsp3) is 0.455.